The van der Waals surface area contributed by atoms with Crippen LogP contribution < -0.4 is 10.6 Å². The lowest BCUT2D eigenvalue weighted by Crippen LogP contribution is -2.08. The van der Waals surface area contributed by atoms with Crippen LogP contribution in [0.2, 0.25) is 0 Å². The summed E-state index contributed by atoms with van der Waals surface area (Å²) in [4.78, 5) is 15.6. The number of H-pyrrole nitrogens is 1. The molecule has 0 spiro atoms. The predicted molar refractivity (Wildman–Crippen MR) is 102 cm³/mol. The number of hydrogen-bond donors (Lipinski definition) is 4. The monoisotopic (exact) mass is 354 g/mol. The molecule has 26 heavy (non-hydrogen) atoms. The van der Waals surface area contributed by atoms with Crippen molar-refractivity contribution >= 4 is 34.4 Å². The molecule has 0 saturated heterocycles. The van der Waals surface area contributed by atoms with E-state index in [1.807, 2.05) is 39.8 Å². The van der Waals surface area contributed by atoms with Gasteiger partial charge in [0, 0.05) is 18.5 Å². The van der Waals surface area contributed by atoms with E-state index in [4.69, 9.17) is 0 Å². The Morgan fingerprint density at radius 2 is 1.65 bits per heavy atom. The van der Waals surface area contributed by atoms with E-state index in [2.05, 4.69) is 40.8 Å². The molecule has 9 nitrogen and oxygen atoms in total. The van der Waals surface area contributed by atoms with Crippen molar-refractivity contribution in [2.24, 2.45) is 10.2 Å². The second-order valence-corrected chi connectivity index (χ2v) is 5.87. The standard InChI is InChI=1S/C17H22N8O/c1-5-18-15-21-16(19-6-2)23-17(22-15)25-24-13-11-8-9(3)7-10(4)12(11)20-14(13)26/h7-8,20,26H,5-6H2,1-4H3,(H2,18,19,21,22,23). The molecule has 4 N–H and O–H groups in total. The van der Waals surface area contributed by atoms with Gasteiger partial charge in [-0.05, 0) is 39.3 Å². The minimum Gasteiger partial charge on any atom is -0.493 e. The number of rotatable bonds is 6. The average Bonchev–Trinajstić information content (AvgIpc) is 2.89. The Morgan fingerprint density at radius 3 is 2.27 bits per heavy atom. The number of nitrogens with zero attached hydrogens (tertiary/aromatic N) is 5. The minimum atomic E-state index is -0.0367. The molecule has 2 aromatic heterocycles. The summed E-state index contributed by atoms with van der Waals surface area (Å²) in [7, 11) is 0. The molecular formula is C17H22N8O. The zero-order valence-corrected chi connectivity index (χ0v) is 15.3. The van der Waals surface area contributed by atoms with E-state index in [1.165, 1.54) is 0 Å². The van der Waals surface area contributed by atoms with Crippen LogP contribution in [0.3, 0.4) is 0 Å². The molecule has 136 valence electrons. The Bertz CT molecular complexity index is 939. The third-order valence-corrected chi connectivity index (χ3v) is 3.74. The van der Waals surface area contributed by atoms with Gasteiger partial charge in [-0.1, -0.05) is 11.6 Å². The van der Waals surface area contributed by atoms with E-state index in [9.17, 15) is 5.11 Å². The highest BCUT2D eigenvalue weighted by atomic mass is 16.3. The quantitative estimate of drug-likeness (QED) is 0.497. The Morgan fingerprint density at radius 1 is 1.00 bits per heavy atom. The first-order valence-electron chi connectivity index (χ1n) is 8.49. The SMILES string of the molecule is CCNc1nc(N=Nc2c(O)[nH]c3c(C)cc(C)cc23)nc(NCC)n1. The van der Waals surface area contributed by atoms with Crippen molar-refractivity contribution in [2.75, 3.05) is 23.7 Å². The summed E-state index contributed by atoms with van der Waals surface area (Å²) in [6, 6.07) is 3.99. The summed E-state index contributed by atoms with van der Waals surface area (Å²) >= 11 is 0. The molecular weight excluding hydrogens is 332 g/mol. The Hall–Kier alpha value is -3.23. The second-order valence-electron chi connectivity index (χ2n) is 5.87. The highest BCUT2D eigenvalue weighted by Gasteiger charge is 2.13. The third-order valence-electron chi connectivity index (χ3n) is 3.74. The number of hydrogen-bond acceptors (Lipinski definition) is 8. The molecule has 3 aromatic rings. The number of fused-ring (bicyclic) bond motifs is 1. The topological polar surface area (TPSA) is 123 Å². The number of aromatic hydroxyl groups is 1. The molecule has 0 aliphatic heterocycles. The van der Waals surface area contributed by atoms with Crippen LogP contribution in [-0.2, 0) is 0 Å². The molecule has 0 atom stereocenters. The number of benzene rings is 1. The van der Waals surface area contributed by atoms with Gasteiger partial charge in [0.2, 0.25) is 17.8 Å². The van der Waals surface area contributed by atoms with E-state index in [1.54, 1.807) is 0 Å². The van der Waals surface area contributed by atoms with Crippen LogP contribution >= 0.6 is 0 Å². The van der Waals surface area contributed by atoms with Gasteiger partial charge in [0.25, 0.3) is 5.95 Å². The molecule has 0 unspecified atom stereocenters. The van der Waals surface area contributed by atoms with Crippen LogP contribution in [0.4, 0.5) is 23.5 Å². The van der Waals surface area contributed by atoms with Gasteiger partial charge >= 0.3 is 0 Å². The second kappa shape index (κ2) is 7.34. The van der Waals surface area contributed by atoms with Gasteiger partial charge in [-0.15, -0.1) is 10.2 Å². The van der Waals surface area contributed by atoms with E-state index >= 15 is 0 Å². The zero-order valence-electron chi connectivity index (χ0n) is 15.3. The number of aromatic amines is 1. The van der Waals surface area contributed by atoms with E-state index in [-0.39, 0.29) is 11.8 Å². The van der Waals surface area contributed by atoms with Crippen molar-refractivity contribution in [3.63, 3.8) is 0 Å². The number of nitrogens with one attached hydrogen (secondary N) is 3. The normalized spacial score (nSPS) is 11.4. The summed E-state index contributed by atoms with van der Waals surface area (Å²) in [5, 5.41) is 25.4. The van der Waals surface area contributed by atoms with Crippen LogP contribution in [0.1, 0.15) is 25.0 Å². The van der Waals surface area contributed by atoms with Crippen molar-refractivity contribution in [3.8, 4) is 5.88 Å². The van der Waals surface area contributed by atoms with Crippen LogP contribution in [0.5, 0.6) is 5.88 Å². The fourth-order valence-electron chi connectivity index (χ4n) is 2.71. The van der Waals surface area contributed by atoms with Gasteiger partial charge in [-0.2, -0.15) is 15.0 Å². The molecule has 0 fully saturated rings. The van der Waals surface area contributed by atoms with E-state index in [0.717, 1.165) is 22.0 Å². The Labute approximate surface area is 151 Å². The zero-order chi connectivity index (χ0) is 18.7. The van der Waals surface area contributed by atoms with Crippen molar-refractivity contribution < 1.29 is 5.11 Å². The highest BCUT2D eigenvalue weighted by molar-refractivity contribution is 5.96. The van der Waals surface area contributed by atoms with E-state index < -0.39 is 0 Å². The maximum atomic E-state index is 10.2. The van der Waals surface area contributed by atoms with Crippen LogP contribution in [0, 0.1) is 13.8 Å². The summed E-state index contributed by atoms with van der Waals surface area (Å²) in [5.74, 6) is 0.958. The summed E-state index contributed by atoms with van der Waals surface area (Å²) in [5.41, 5.74) is 3.30. The lowest BCUT2D eigenvalue weighted by atomic mass is 10.1. The van der Waals surface area contributed by atoms with Crippen molar-refractivity contribution in [3.05, 3.63) is 23.3 Å². The first kappa shape index (κ1) is 17.6. The maximum Gasteiger partial charge on any atom is 0.275 e. The summed E-state index contributed by atoms with van der Waals surface area (Å²) in [6.07, 6.45) is 0. The molecule has 0 amide bonds. The number of azo groups is 1. The average molecular weight is 354 g/mol. The molecule has 9 heteroatoms. The van der Waals surface area contributed by atoms with Crippen molar-refractivity contribution in [1.82, 2.24) is 19.9 Å². The van der Waals surface area contributed by atoms with E-state index in [0.29, 0.717) is 30.7 Å². The highest BCUT2D eigenvalue weighted by Crippen LogP contribution is 2.38. The first-order chi connectivity index (χ1) is 12.5. The molecule has 1 aromatic carbocycles. The predicted octanol–water partition coefficient (Wildman–Crippen LogP) is 3.95. The van der Waals surface area contributed by atoms with Gasteiger partial charge in [0.15, 0.2) is 5.69 Å². The molecule has 3 rings (SSSR count). The van der Waals surface area contributed by atoms with Crippen LogP contribution in [-0.4, -0.2) is 38.1 Å². The number of anilines is 2. The summed E-state index contributed by atoms with van der Waals surface area (Å²) < 4.78 is 0. The fraction of sp³-hybridized carbons (Fsp3) is 0.353. The molecule has 0 saturated carbocycles. The molecule has 0 bridgehead atoms. The molecule has 2 heterocycles. The number of aromatic nitrogens is 4. The molecule has 0 aliphatic rings. The number of aryl methyl sites for hydroxylation is 2. The first-order valence-corrected chi connectivity index (χ1v) is 8.49. The van der Waals surface area contributed by atoms with Gasteiger partial charge in [0.05, 0.1) is 5.52 Å². The van der Waals surface area contributed by atoms with Crippen molar-refractivity contribution in [1.29, 1.82) is 0 Å². The van der Waals surface area contributed by atoms with Crippen LogP contribution in [0.15, 0.2) is 22.4 Å². The fourth-order valence-corrected chi connectivity index (χ4v) is 2.71. The van der Waals surface area contributed by atoms with Gasteiger partial charge in [-0.25, -0.2) is 0 Å². The largest absolute Gasteiger partial charge is 0.493 e. The van der Waals surface area contributed by atoms with Crippen LogP contribution in [0.25, 0.3) is 10.9 Å². The lowest BCUT2D eigenvalue weighted by molar-refractivity contribution is 0.459. The third kappa shape index (κ3) is 3.56. The minimum absolute atomic E-state index is 0.0367. The summed E-state index contributed by atoms with van der Waals surface area (Å²) in [6.45, 7) is 9.22. The van der Waals surface area contributed by atoms with Crippen molar-refractivity contribution in [2.45, 2.75) is 27.7 Å². The smallest absolute Gasteiger partial charge is 0.275 e. The Balaban J connectivity index is 2.02. The van der Waals surface area contributed by atoms with Gasteiger partial charge in [0.1, 0.15) is 0 Å². The lowest BCUT2D eigenvalue weighted by Gasteiger charge is -2.05. The maximum absolute atomic E-state index is 10.2. The van der Waals surface area contributed by atoms with Gasteiger partial charge in [-0.3, -0.25) is 0 Å². The molecule has 0 aliphatic carbocycles. The Kier molecular flexibility index (Phi) is 4.97. The molecule has 0 radical (unpaired) electrons. The van der Waals surface area contributed by atoms with Gasteiger partial charge < -0.3 is 20.7 Å².